The van der Waals surface area contributed by atoms with E-state index in [1.807, 2.05) is 49.3 Å². The third-order valence-corrected chi connectivity index (χ3v) is 5.34. The van der Waals surface area contributed by atoms with Crippen LogP contribution in [0.4, 0.5) is 10.1 Å². The Hall–Kier alpha value is -3.97. The van der Waals surface area contributed by atoms with Gasteiger partial charge in [0.05, 0.1) is 29.1 Å². The largest absolute Gasteiger partial charge is 0.494 e. The molecule has 4 aromatic rings. The standard InChI is InChI=1S/C27H26FN3O3/c1-4-34-27(33)18-11-13-21-23(14-18)30-26(32)24(21)25(17-8-6-5-7-9-17)29-20-12-10-19(16-31(2)3)22(28)15-20/h5-15,30,32H,4,16H2,1-3H3. The monoisotopic (exact) mass is 459 g/mol. The Morgan fingerprint density at radius 2 is 1.82 bits per heavy atom. The lowest BCUT2D eigenvalue weighted by Gasteiger charge is -2.11. The zero-order chi connectivity index (χ0) is 24.2. The van der Waals surface area contributed by atoms with E-state index in [0.717, 1.165) is 5.56 Å². The Morgan fingerprint density at radius 1 is 1.06 bits per heavy atom. The molecule has 0 radical (unpaired) electrons. The molecule has 0 aliphatic rings. The molecule has 2 N–H and O–H groups in total. The highest BCUT2D eigenvalue weighted by molar-refractivity contribution is 6.22. The van der Waals surface area contributed by atoms with Crippen molar-refractivity contribution < 1.29 is 19.0 Å². The van der Waals surface area contributed by atoms with Crippen molar-refractivity contribution in [2.45, 2.75) is 13.5 Å². The van der Waals surface area contributed by atoms with E-state index in [1.165, 1.54) is 6.07 Å². The fourth-order valence-electron chi connectivity index (χ4n) is 3.83. The average molecular weight is 460 g/mol. The molecule has 3 aromatic carbocycles. The molecule has 0 amide bonds. The molecule has 34 heavy (non-hydrogen) atoms. The van der Waals surface area contributed by atoms with Crippen molar-refractivity contribution in [1.29, 1.82) is 0 Å². The van der Waals surface area contributed by atoms with Crippen molar-refractivity contribution in [2.75, 3.05) is 20.7 Å². The molecule has 0 unspecified atom stereocenters. The molecule has 0 saturated heterocycles. The molecule has 0 aliphatic heterocycles. The zero-order valence-corrected chi connectivity index (χ0v) is 19.3. The van der Waals surface area contributed by atoms with Crippen LogP contribution in [-0.4, -0.2) is 47.4 Å². The number of rotatable bonds is 7. The second kappa shape index (κ2) is 9.89. The summed E-state index contributed by atoms with van der Waals surface area (Å²) < 4.78 is 19.8. The second-order valence-electron chi connectivity index (χ2n) is 8.17. The summed E-state index contributed by atoms with van der Waals surface area (Å²) >= 11 is 0. The Kier molecular flexibility index (Phi) is 6.75. The number of aromatic nitrogens is 1. The van der Waals surface area contributed by atoms with Crippen LogP contribution in [0.1, 0.15) is 34.0 Å². The van der Waals surface area contributed by atoms with Gasteiger partial charge >= 0.3 is 5.97 Å². The SMILES string of the molecule is CCOC(=O)c1ccc2c(C(=Nc3ccc(CN(C)C)c(F)c3)c3ccccc3)c(O)[nH]c2c1. The number of halogens is 1. The maximum atomic E-state index is 14.7. The predicted octanol–water partition coefficient (Wildman–Crippen LogP) is 5.42. The van der Waals surface area contributed by atoms with Crippen molar-refractivity contribution in [2.24, 2.45) is 4.99 Å². The third kappa shape index (κ3) is 4.84. The molecule has 0 fully saturated rings. The summed E-state index contributed by atoms with van der Waals surface area (Å²) in [5, 5.41) is 11.5. The van der Waals surface area contributed by atoms with Gasteiger partial charge in [-0.2, -0.15) is 0 Å². The highest BCUT2D eigenvalue weighted by atomic mass is 19.1. The number of ether oxygens (including phenoxy) is 1. The van der Waals surface area contributed by atoms with E-state index in [2.05, 4.69) is 4.98 Å². The van der Waals surface area contributed by atoms with E-state index < -0.39 is 5.97 Å². The molecule has 0 bridgehead atoms. The summed E-state index contributed by atoms with van der Waals surface area (Å²) in [5.41, 5.74) is 3.64. The normalized spacial score (nSPS) is 11.9. The molecular weight excluding hydrogens is 433 g/mol. The second-order valence-corrected chi connectivity index (χ2v) is 8.17. The minimum absolute atomic E-state index is 0.0942. The molecule has 1 aromatic heterocycles. The van der Waals surface area contributed by atoms with Crippen LogP contribution in [0, 0.1) is 5.82 Å². The van der Waals surface area contributed by atoms with Gasteiger partial charge in [-0.1, -0.05) is 42.5 Å². The van der Waals surface area contributed by atoms with Gasteiger partial charge in [0.2, 0.25) is 0 Å². The molecule has 1 heterocycles. The van der Waals surface area contributed by atoms with E-state index in [1.54, 1.807) is 37.3 Å². The molecule has 174 valence electrons. The van der Waals surface area contributed by atoms with Crippen LogP contribution in [0.5, 0.6) is 5.88 Å². The number of hydrogen-bond acceptors (Lipinski definition) is 5. The number of esters is 1. The molecule has 0 aliphatic carbocycles. The number of aliphatic imine (C=N–C) groups is 1. The van der Waals surface area contributed by atoms with Gasteiger partial charge in [0.1, 0.15) is 5.82 Å². The smallest absolute Gasteiger partial charge is 0.338 e. The van der Waals surface area contributed by atoms with Crippen molar-refractivity contribution in [3.05, 3.63) is 94.8 Å². The Bertz CT molecular complexity index is 1360. The first-order valence-electron chi connectivity index (χ1n) is 11.0. The first-order valence-corrected chi connectivity index (χ1v) is 11.0. The molecule has 0 saturated carbocycles. The topological polar surface area (TPSA) is 77.9 Å². The molecule has 4 rings (SSSR count). The first-order chi connectivity index (χ1) is 16.4. The van der Waals surface area contributed by atoms with Crippen molar-refractivity contribution in [3.63, 3.8) is 0 Å². The number of carbonyl (C=O) groups excluding carboxylic acids is 1. The molecule has 0 spiro atoms. The van der Waals surface area contributed by atoms with Crippen LogP contribution in [0.3, 0.4) is 0 Å². The molecule has 0 atom stereocenters. The van der Waals surface area contributed by atoms with Crippen molar-refractivity contribution in [3.8, 4) is 5.88 Å². The minimum atomic E-state index is -0.440. The minimum Gasteiger partial charge on any atom is -0.494 e. The summed E-state index contributed by atoms with van der Waals surface area (Å²) in [6.07, 6.45) is 0. The number of benzene rings is 3. The van der Waals surface area contributed by atoms with Crippen LogP contribution in [0.15, 0.2) is 71.7 Å². The highest BCUT2D eigenvalue weighted by Crippen LogP contribution is 2.32. The summed E-state index contributed by atoms with van der Waals surface area (Å²) in [7, 11) is 3.76. The van der Waals surface area contributed by atoms with Gasteiger partial charge in [-0.05, 0) is 45.3 Å². The predicted molar refractivity (Wildman–Crippen MR) is 131 cm³/mol. The summed E-state index contributed by atoms with van der Waals surface area (Å²) in [4.78, 5) is 21.7. The maximum absolute atomic E-state index is 14.7. The lowest BCUT2D eigenvalue weighted by molar-refractivity contribution is 0.0526. The first kappa shape index (κ1) is 23.2. The van der Waals surface area contributed by atoms with E-state index >= 15 is 0 Å². The van der Waals surface area contributed by atoms with Gasteiger partial charge in [-0.15, -0.1) is 0 Å². The highest BCUT2D eigenvalue weighted by Gasteiger charge is 2.20. The Balaban J connectivity index is 1.85. The molecular formula is C27H26FN3O3. The number of nitrogens with zero attached hydrogens (tertiary/aromatic N) is 2. The van der Waals surface area contributed by atoms with Crippen molar-refractivity contribution >= 4 is 28.3 Å². The van der Waals surface area contributed by atoms with E-state index in [0.29, 0.717) is 45.5 Å². The van der Waals surface area contributed by atoms with Gasteiger partial charge < -0.3 is 19.7 Å². The summed E-state index contributed by atoms with van der Waals surface area (Å²) in [6, 6.07) is 19.3. The van der Waals surface area contributed by atoms with E-state index in [4.69, 9.17) is 9.73 Å². The number of hydrogen-bond donors (Lipinski definition) is 2. The lowest BCUT2D eigenvalue weighted by atomic mass is 10.00. The summed E-state index contributed by atoms with van der Waals surface area (Å²) in [5.74, 6) is -0.877. The Labute approximate surface area is 197 Å². The van der Waals surface area contributed by atoms with Crippen LogP contribution < -0.4 is 0 Å². The molecule has 6 nitrogen and oxygen atoms in total. The summed E-state index contributed by atoms with van der Waals surface area (Å²) in [6.45, 7) is 2.49. The number of H-pyrrole nitrogens is 1. The van der Waals surface area contributed by atoms with Crippen LogP contribution in [-0.2, 0) is 11.3 Å². The number of fused-ring (bicyclic) bond motifs is 1. The lowest BCUT2D eigenvalue weighted by Crippen LogP contribution is -2.11. The Morgan fingerprint density at radius 3 is 2.50 bits per heavy atom. The van der Waals surface area contributed by atoms with E-state index in [-0.39, 0.29) is 18.3 Å². The van der Waals surface area contributed by atoms with E-state index in [9.17, 15) is 14.3 Å². The number of aromatic hydroxyl groups is 1. The zero-order valence-electron chi connectivity index (χ0n) is 19.3. The van der Waals surface area contributed by atoms with Crippen LogP contribution in [0.2, 0.25) is 0 Å². The van der Waals surface area contributed by atoms with Gasteiger partial charge in [0.25, 0.3) is 0 Å². The van der Waals surface area contributed by atoms with Crippen LogP contribution in [0.25, 0.3) is 10.9 Å². The number of nitrogens with one attached hydrogen (secondary N) is 1. The van der Waals surface area contributed by atoms with Crippen molar-refractivity contribution in [1.82, 2.24) is 9.88 Å². The third-order valence-electron chi connectivity index (χ3n) is 5.34. The molecule has 7 heteroatoms. The number of aromatic amines is 1. The van der Waals surface area contributed by atoms with Gasteiger partial charge in [0, 0.05) is 28.6 Å². The fourth-order valence-corrected chi connectivity index (χ4v) is 3.83. The quantitative estimate of drug-likeness (QED) is 0.286. The van der Waals surface area contributed by atoms with Gasteiger partial charge in [-0.3, -0.25) is 0 Å². The van der Waals surface area contributed by atoms with Gasteiger partial charge in [0.15, 0.2) is 5.88 Å². The van der Waals surface area contributed by atoms with Crippen LogP contribution >= 0.6 is 0 Å². The average Bonchev–Trinajstić information content (AvgIpc) is 3.14. The number of carbonyl (C=O) groups is 1. The maximum Gasteiger partial charge on any atom is 0.338 e. The van der Waals surface area contributed by atoms with Gasteiger partial charge in [-0.25, -0.2) is 14.2 Å². The fraction of sp³-hybridized carbons (Fsp3) is 0.185.